The molecule has 0 radical (unpaired) electrons. The van der Waals surface area contributed by atoms with Crippen molar-refractivity contribution in [1.29, 1.82) is 0 Å². The van der Waals surface area contributed by atoms with Crippen LogP contribution in [0, 0.1) is 0 Å². The lowest BCUT2D eigenvalue weighted by Crippen LogP contribution is -2.18. The number of amides is 1. The zero-order valence-corrected chi connectivity index (χ0v) is 8.67. The molecule has 0 saturated heterocycles. The van der Waals surface area contributed by atoms with Crippen molar-refractivity contribution < 1.29 is 29.3 Å². The fraction of sp³-hybridized carbons (Fsp3) is 0.222. The third kappa shape index (κ3) is 17.7. The predicted molar refractivity (Wildman–Crippen MR) is 54.8 cm³/mol. The van der Waals surface area contributed by atoms with Gasteiger partial charge in [-0.3, -0.25) is 5.32 Å². The lowest BCUT2D eigenvalue weighted by molar-refractivity contribution is -0.132. The first kappa shape index (κ1) is 16.1. The SMILES string of the molecule is C=CC(=O)O.CCOC(=O)NC=CC(=O)O. The number of carbonyl (C=O) groups excluding carboxylic acids is 1. The Balaban J connectivity index is 0. The van der Waals surface area contributed by atoms with Crippen LogP contribution >= 0.6 is 0 Å². The van der Waals surface area contributed by atoms with Crippen LogP contribution in [-0.2, 0) is 14.3 Å². The van der Waals surface area contributed by atoms with Crippen LogP contribution in [0.4, 0.5) is 4.79 Å². The maximum absolute atomic E-state index is 10.4. The second kappa shape index (κ2) is 10.8. The minimum absolute atomic E-state index is 0.257. The summed E-state index contributed by atoms with van der Waals surface area (Å²) in [4.78, 5) is 29.6. The summed E-state index contributed by atoms with van der Waals surface area (Å²) in [7, 11) is 0. The van der Waals surface area contributed by atoms with Crippen LogP contribution < -0.4 is 5.32 Å². The summed E-state index contributed by atoms with van der Waals surface area (Å²) in [6.45, 7) is 4.87. The summed E-state index contributed by atoms with van der Waals surface area (Å²) < 4.78 is 4.43. The van der Waals surface area contributed by atoms with Gasteiger partial charge in [0, 0.05) is 18.4 Å². The molecule has 0 fully saturated rings. The Kier molecular flexibility index (Phi) is 10.9. The van der Waals surface area contributed by atoms with E-state index in [1.54, 1.807) is 6.92 Å². The van der Waals surface area contributed by atoms with Gasteiger partial charge in [-0.25, -0.2) is 14.4 Å². The quantitative estimate of drug-likeness (QED) is 0.610. The average Bonchev–Trinajstić information content (AvgIpc) is 2.18. The van der Waals surface area contributed by atoms with Crippen LogP contribution in [0.15, 0.2) is 24.9 Å². The molecule has 0 atom stereocenters. The van der Waals surface area contributed by atoms with Gasteiger partial charge < -0.3 is 14.9 Å². The molecule has 0 saturated carbocycles. The highest BCUT2D eigenvalue weighted by Gasteiger charge is 1.94. The maximum atomic E-state index is 10.4. The van der Waals surface area contributed by atoms with E-state index in [9.17, 15) is 14.4 Å². The average molecular weight is 231 g/mol. The van der Waals surface area contributed by atoms with Crippen molar-refractivity contribution in [1.82, 2.24) is 5.32 Å². The molecule has 3 N–H and O–H groups in total. The Bertz CT molecular complexity index is 284. The second-order valence-corrected chi connectivity index (χ2v) is 2.08. The van der Waals surface area contributed by atoms with Gasteiger partial charge in [0.25, 0.3) is 0 Å². The molecule has 0 bridgehead atoms. The minimum Gasteiger partial charge on any atom is -0.478 e. The van der Waals surface area contributed by atoms with Gasteiger partial charge in [0.2, 0.25) is 0 Å². The van der Waals surface area contributed by atoms with Crippen molar-refractivity contribution >= 4 is 18.0 Å². The van der Waals surface area contributed by atoms with Gasteiger partial charge in [0.15, 0.2) is 0 Å². The van der Waals surface area contributed by atoms with E-state index >= 15 is 0 Å². The highest BCUT2D eigenvalue weighted by Crippen LogP contribution is 1.76. The molecule has 0 aliphatic carbocycles. The van der Waals surface area contributed by atoms with E-state index in [-0.39, 0.29) is 6.61 Å². The van der Waals surface area contributed by atoms with Crippen molar-refractivity contribution in [2.75, 3.05) is 6.61 Å². The topological polar surface area (TPSA) is 113 Å². The number of rotatable bonds is 4. The Morgan fingerprint density at radius 1 is 1.31 bits per heavy atom. The molecule has 0 unspecified atom stereocenters. The first-order chi connectivity index (χ1) is 7.43. The van der Waals surface area contributed by atoms with Gasteiger partial charge in [0.05, 0.1) is 6.61 Å². The number of ether oxygens (including phenoxy) is 1. The lowest BCUT2D eigenvalue weighted by Gasteiger charge is -1.97. The third-order valence-electron chi connectivity index (χ3n) is 0.877. The highest BCUT2D eigenvalue weighted by molar-refractivity contribution is 5.80. The monoisotopic (exact) mass is 231 g/mol. The van der Waals surface area contributed by atoms with Crippen LogP contribution in [-0.4, -0.2) is 34.9 Å². The number of hydrogen-bond acceptors (Lipinski definition) is 4. The number of carbonyl (C=O) groups is 3. The van der Waals surface area contributed by atoms with Gasteiger partial charge in [-0.15, -0.1) is 0 Å². The molecule has 0 aromatic heterocycles. The Morgan fingerprint density at radius 2 is 1.81 bits per heavy atom. The van der Waals surface area contributed by atoms with Gasteiger partial charge >= 0.3 is 18.0 Å². The molecular formula is C9H13NO6. The second-order valence-electron chi connectivity index (χ2n) is 2.08. The summed E-state index contributed by atoms with van der Waals surface area (Å²) in [5.41, 5.74) is 0. The molecular weight excluding hydrogens is 218 g/mol. The van der Waals surface area contributed by atoms with E-state index < -0.39 is 18.0 Å². The Hall–Kier alpha value is -2.31. The predicted octanol–water partition coefficient (Wildman–Crippen LogP) is 0.588. The van der Waals surface area contributed by atoms with Crippen molar-refractivity contribution in [2.45, 2.75) is 6.92 Å². The zero-order valence-electron chi connectivity index (χ0n) is 8.67. The van der Waals surface area contributed by atoms with Crippen LogP contribution in [0.25, 0.3) is 0 Å². The molecule has 0 aliphatic heterocycles. The molecule has 7 nitrogen and oxygen atoms in total. The number of nitrogens with one attached hydrogen (secondary N) is 1. The summed E-state index contributed by atoms with van der Waals surface area (Å²) in [6.07, 6.45) is 1.97. The lowest BCUT2D eigenvalue weighted by atomic mass is 10.6. The van der Waals surface area contributed by atoms with E-state index in [0.29, 0.717) is 0 Å². The molecule has 0 spiro atoms. The van der Waals surface area contributed by atoms with Gasteiger partial charge in [-0.1, -0.05) is 6.58 Å². The molecule has 90 valence electrons. The highest BCUT2D eigenvalue weighted by atomic mass is 16.5. The van der Waals surface area contributed by atoms with Crippen molar-refractivity contribution in [3.63, 3.8) is 0 Å². The fourth-order valence-electron chi connectivity index (χ4n) is 0.354. The van der Waals surface area contributed by atoms with E-state index in [1.165, 1.54) is 0 Å². The van der Waals surface area contributed by atoms with E-state index in [4.69, 9.17) is 10.2 Å². The van der Waals surface area contributed by atoms with E-state index in [1.807, 2.05) is 0 Å². The van der Waals surface area contributed by atoms with Crippen molar-refractivity contribution in [2.24, 2.45) is 0 Å². The first-order valence-electron chi connectivity index (χ1n) is 4.12. The van der Waals surface area contributed by atoms with Crippen LogP contribution in [0.3, 0.4) is 0 Å². The molecule has 7 heteroatoms. The third-order valence-corrected chi connectivity index (χ3v) is 0.877. The van der Waals surface area contributed by atoms with E-state index in [0.717, 1.165) is 18.4 Å². The van der Waals surface area contributed by atoms with Crippen molar-refractivity contribution in [3.8, 4) is 0 Å². The van der Waals surface area contributed by atoms with Crippen LogP contribution in [0.5, 0.6) is 0 Å². The van der Waals surface area contributed by atoms with Crippen molar-refractivity contribution in [3.05, 3.63) is 24.9 Å². The largest absolute Gasteiger partial charge is 0.478 e. The number of carboxylic acids is 2. The summed E-state index contributed by atoms with van der Waals surface area (Å²) in [5.74, 6) is -2.10. The number of alkyl carbamates (subject to hydrolysis) is 1. The van der Waals surface area contributed by atoms with Gasteiger partial charge in [-0.05, 0) is 6.92 Å². The van der Waals surface area contributed by atoms with Gasteiger partial charge in [-0.2, -0.15) is 0 Å². The molecule has 0 heterocycles. The number of aliphatic carboxylic acids is 2. The smallest absolute Gasteiger partial charge is 0.411 e. The molecule has 1 amide bonds. The fourth-order valence-corrected chi connectivity index (χ4v) is 0.354. The molecule has 16 heavy (non-hydrogen) atoms. The molecule has 0 aromatic carbocycles. The zero-order chi connectivity index (χ0) is 13.0. The number of carboxylic acid groups (broad SMARTS) is 2. The standard InChI is InChI=1S/C6H9NO4.C3H4O2/c1-2-11-6(10)7-4-3-5(8)9;1-2-3(4)5/h3-4H,2H2,1H3,(H,7,10)(H,8,9);2H,1H2,(H,4,5). The summed E-state index contributed by atoms with van der Waals surface area (Å²) in [6, 6.07) is 0. The molecule has 0 rings (SSSR count). The Labute approximate surface area is 92.0 Å². The Morgan fingerprint density at radius 3 is 2.12 bits per heavy atom. The molecule has 0 aliphatic rings. The minimum atomic E-state index is -1.12. The number of hydrogen-bond donors (Lipinski definition) is 3. The molecule has 0 aromatic rings. The van der Waals surface area contributed by atoms with E-state index in [2.05, 4.69) is 16.6 Å². The van der Waals surface area contributed by atoms with Crippen LogP contribution in [0.1, 0.15) is 6.92 Å². The summed E-state index contributed by atoms with van der Waals surface area (Å²) >= 11 is 0. The first-order valence-corrected chi connectivity index (χ1v) is 4.12. The summed E-state index contributed by atoms with van der Waals surface area (Å²) in [5, 5.41) is 17.8. The van der Waals surface area contributed by atoms with Crippen LogP contribution in [0.2, 0.25) is 0 Å². The normalized spacial score (nSPS) is 8.56. The van der Waals surface area contributed by atoms with Gasteiger partial charge in [0.1, 0.15) is 0 Å². The maximum Gasteiger partial charge on any atom is 0.411 e.